The zero-order valence-corrected chi connectivity index (χ0v) is 14.4. The van der Waals surface area contributed by atoms with Crippen LogP contribution in [0.5, 0.6) is 0 Å². The number of aromatic nitrogens is 4. The minimum Gasteiger partial charge on any atom is -0.337 e. The number of likely N-dealkylation sites (N-methyl/N-ethyl adjacent to an activating group) is 1. The number of benzene rings is 2. The molecule has 1 amide bonds. The molecule has 3 aromatic rings. The summed E-state index contributed by atoms with van der Waals surface area (Å²) < 4.78 is 0. The number of carbonyl (C=O) groups excluding carboxylic acids is 1. The molecule has 0 aliphatic carbocycles. The van der Waals surface area contributed by atoms with Gasteiger partial charge in [-0.1, -0.05) is 60.7 Å². The van der Waals surface area contributed by atoms with Gasteiger partial charge in [-0.05, 0) is 24.6 Å². The van der Waals surface area contributed by atoms with Gasteiger partial charge in [-0.2, -0.15) is 4.80 Å². The Labute approximate surface area is 147 Å². The van der Waals surface area contributed by atoms with Crippen molar-refractivity contribution in [2.45, 2.75) is 26.4 Å². The number of hydrogen-bond donors (Lipinski definition) is 0. The lowest BCUT2D eigenvalue weighted by Crippen LogP contribution is -2.36. The average molecular weight is 335 g/mol. The first-order valence-electron chi connectivity index (χ1n) is 8.36. The minimum absolute atomic E-state index is 0.0247. The molecule has 3 rings (SSSR count). The molecule has 1 heterocycles. The largest absolute Gasteiger partial charge is 0.337 e. The lowest BCUT2D eigenvalue weighted by molar-refractivity contribution is -0.135. The van der Waals surface area contributed by atoms with Gasteiger partial charge < -0.3 is 4.90 Å². The van der Waals surface area contributed by atoms with E-state index in [-0.39, 0.29) is 5.91 Å². The van der Waals surface area contributed by atoms with Gasteiger partial charge in [-0.3, -0.25) is 4.79 Å². The monoisotopic (exact) mass is 335 g/mol. The van der Waals surface area contributed by atoms with Gasteiger partial charge in [0.05, 0.1) is 0 Å². The van der Waals surface area contributed by atoms with Crippen molar-refractivity contribution in [3.05, 3.63) is 66.2 Å². The third-order valence-electron chi connectivity index (χ3n) is 4.07. The Hall–Kier alpha value is -3.02. The fourth-order valence-corrected chi connectivity index (χ4v) is 2.60. The topological polar surface area (TPSA) is 63.9 Å². The van der Waals surface area contributed by atoms with E-state index in [1.54, 1.807) is 11.8 Å². The second-order valence-corrected chi connectivity index (χ2v) is 5.81. The summed E-state index contributed by atoms with van der Waals surface area (Å²) in [6, 6.07) is 19.1. The van der Waals surface area contributed by atoms with Crippen LogP contribution in [0, 0.1) is 0 Å². The van der Waals surface area contributed by atoms with E-state index in [2.05, 4.69) is 15.4 Å². The smallest absolute Gasteiger partial charge is 0.249 e. The van der Waals surface area contributed by atoms with Gasteiger partial charge in [-0.25, -0.2) is 0 Å². The van der Waals surface area contributed by atoms with Crippen LogP contribution in [0.25, 0.3) is 11.4 Å². The first-order valence-corrected chi connectivity index (χ1v) is 8.36. The fourth-order valence-electron chi connectivity index (χ4n) is 2.60. The summed E-state index contributed by atoms with van der Waals surface area (Å²) in [6.45, 7) is 4.96. The van der Waals surface area contributed by atoms with Crippen molar-refractivity contribution in [2.75, 3.05) is 6.54 Å². The van der Waals surface area contributed by atoms with Crippen molar-refractivity contribution in [2.24, 2.45) is 0 Å². The molecule has 1 aromatic heterocycles. The molecule has 0 fully saturated rings. The molecule has 0 spiro atoms. The van der Waals surface area contributed by atoms with E-state index in [1.165, 1.54) is 4.80 Å². The predicted octanol–water partition coefficient (Wildman–Crippen LogP) is 2.95. The first-order chi connectivity index (χ1) is 12.2. The zero-order chi connectivity index (χ0) is 17.6. The summed E-state index contributed by atoms with van der Waals surface area (Å²) in [5, 5.41) is 12.5. The van der Waals surface area contributed by atoms with Gasteiger partial charge in [0.25, 0.3) is 0 Å². The highest BCUT2D eigenvalue weighted by Gasteiger charge is 2.23. The summed E-state index contributed by atoms with van der Waals surface area (Å²) >= 11 is 0. The van der Waals surface area contributed by atoms with E-state index in [4.69, 9.17) is 0 Å². The molecular formula is C19H21N5O. The van der Waals surface area contributed by atoms with Gasteiger partial charge in [-0.15, -0.1) is 10.2 Å². The third-order valence-corrected chi connectivity index (χ3v) is 4.07. The molecule has 1 unspecified atom stereocenters. The molecule has 0 aliphatic heterocycles. The SMILES string of the molecule is CCN(Cc1ccccc1)C(=O)C(C)n1nnc(-c2ccccc2)n1. The number of hydrogen-bond acceptors (Lipinski definition) is 4. The number of nitrogens with zero attached hydrogens (tertiary/aromatic N) is 5. The Balaban J connectivity index is 1.74. The summed E-state index contributed by atoms with van der Waals surface area (Å²) in [5.74, 6) is 0.495. The van der Waals surface area contributed by atoms with Gasteiger partial charge in [0.2, 0.25) is 11.7 Å². The van der Waals surface area contributed by atoms with Crippen LogP contribution in [0.3, 0.4) is 0 Å². The van der Waals surface area contributed by atoms with E-state index in [0.29, 0.717) is 18.9 Å². The van der Waals surface area contributed by atoms with Crippen molar-refractivity contribution in [3.8, 4) is 11.4 Å². The highest BCUT2D eigenvalue weighted by molar-refractivity contribution is 5.79. The molecule has 0 radical (unpaired) electrons. The second-order valence-electron chi connectivity index (χ2n) is 5.81. The number of amides is 1. The van der Waals surface area contributed by atoms with Gasteiger partial charge >= 0.3 is 0 Å². The summed E-state index contributed by atoms with van der Waals surface area (Å²) in [6.07, 6.45) is 0. The van der Waals surface area contributed by atoms with Crippen molar-refractivity contribution in [1.82, 2.24) is 25.1 Å². The van der Waals surface area contributed by atoms with Crippen LogP contribution in [-0.2, 0) is 11.3 Å². The Bertz CT molecular complexity index is 816. The lowest BCUT2D eigenvalue weighted by Gasteiger charge is -2.23. The molecular weight excluding hydrogens is 314 g/mol. The first kappa shape index (κ1) is 16.8. The summed E-state index contributed by atoms with van der Waals surface area (Å²) in [7, 11) is 0. The maximum Gasteiger partial charge on any atom is 0.249 e. The van der Waals surface area contributed by atoms with Crippen molar-refractivity contribution >= 4 is 5.91 Å². The fraction of sp³-hybridized carbons (Fsp3) is 0.263. The third kappa shape index (κ3) is 3.91. The van der Waals surface area contributed by atoms with Crippen molar-refractivity contribution < 1.29 is 4.79 Å². The number of carbonyl (C=O) groups is 1. The molecule has 0 bridgehead atoms. The van der Waals surface area contributed by atoms with Crippen molar-refractivity contribution in [3.63, 3.8) is 0 Å². The average Bonchev–Trinajstić information content (AvgIpc) is 3.16. The Kier molecular flexibility index (Phi) is 5.18. The van der Waals surface area contributed by atoms with Crippen LogP contribution in [0.1, 0.15) is 25.5 Å². The molecule has 6 heteroatoms. The van der Waals surface area contributed by atoms with Crippen LogP contribution >= 0.6 is 0 Å². The summed E-state index contributed by atoms with van der Waals surface area (Å²) in [5.41, 5.74) is 1.98. The van der Waals surface area contributed by atoms with Crippen LogP contribution in [0.2, 0.25) is 0 Å². The Morgan fingerprint density at radius 3 is 2.36 bits per heavy atom. The maximum atomic E-state index is 12.8. The second kappa shape index (κ2) is 7.70. The van der Waals surface area contributed by atoms with Gasteiger partial charge in [0.1, 0.15) is 6.04 Å². The molecule has 0 saturated carbocycles. The van der Waals surface area contributed by atoms with E-state index >= 15 is 0 Å². The number of tetrazole rings is 1. The highest BCUT2D eigenvalue weighted by Crippen LogP contribution is 2.15. The number of rotatable bonds is 6. The van der Waals surface area contributed by atoms with Crippen LogP contribution in [0.15, 0.2) is 60.7 Å². The molecule has 128 valence electrons. The minimum atomic E-state index is -0.506. The normalized spacial score (nSPS) is 11.9. The maximum absolute atomic E-state index is 12.8. The van der Waals surface area contributed by atoms with Crippen LogP contribution < -0.4 is 0 Å². The lowest BCUT2D eigenvalue weighted by atomic mass is 10.2. The van der Waals surface area contributed by atoms with Crippen molar-refractivity contribution in [1.29, 1.82) is 0 Å². The van der Waals surface area contributed by atoms with E-state index in [0.717, 1.165) is 11.1 Å². The Morgan fingerprint density at radius 1 is 1.08 bits per heavy atom. The quantitative estimate of drug-likeness (QED) is 0.695. The van der Waals surface area contributed by atoms with Gasteiger partial charge in [0.15, 0.2) is 0 Å². The molecule has 0 N–H and O–H groups in total. The van der Waals surface area contributed by atoms with Gasteiger partial charge in [0, 0.05) is 18.7 Å². The highest BCUT2D eigenvalue weighted by atomic mass is 16.2. The van der Waals surface area contributed by atoms with Crippen LogP contribution in [-0.4, -0.2) is 37.6 Å². The van der Waals surface area contributed by atoms with E-state index < -0.39 is 6.04 Å². The molecule has 1 atom stereocenters. The van der Waals surface area contributed by atoms with E-state index in [1.807, 2.05) is 67.6 Å². The molecule has 0 aliphatic rings. The Morgan fingerprint density at radius 2 is 1.72 bits per heavy atom. The zero-order valence-electron chi connectivity index (χ0n) is 14.4. The molecule has 25 heavy (non-hydrogen) atoms. The molecule has 0 saturated heterocycles. The molecule has 2 aromatic carbocycles. The standard InChI is InChI=1S/C19H21N5O/c1-3-23(14-16-10-6-4-7-11-16)19(25)15(2)24-21-18(20-22-24)17-12-8-5-9-13-17/h4-13,15H,3,14H2,1-2H3. The van der Waals surface area contributed by atoms with Crippen LogP contribution in [0.4, 0.5) is 0 Å². The molecule has 6 nitrogen and oxygen atoms in total. The summed E-state index contributed by atoms with van der Waals surface area (Å²) in [4.78, 5) is 16.0. The van der Waals surface area contributed by atoms with E-state index in [9.17, 15) is 4.79 Å². The predicted molar refractivity (Wildman–Crippen MR) is 95.5 cm³/mol.